The van der Waals surface area contributed by atoms with E-state index in [-0.39, 0.29) is 18.4 Å². The molecule has 1 unspecified atom stereocenters. The first kappa shape index (κ1) is 14.0. The van der Waals surface area contributed by atoms with Crippen molar-refractivity contribution < 1.29 is 18.3 Å². The van der Waals surface area contributed by atoms with Gasteiger partial charge in [-0.3, -0.25) is 0 Å². The highest BCUT2D eigenvalue weighted by molar-refractivity contribution is 5.24. The van der Waals surface area contributed by atoms with Crippen LogP contribution in [0.15, 0.2) is 12.1 Å². The van der Waals surface area contributed by atoms with Gasteiger partial charge in [0.05, 0.1) is 6.61 Å². The molecule has 1 atom stereocenters. The van der Waals surface area contributed by atoms with E-state index in [0.29, 0.717) is 5.56 Å². The molecule has 0 fully saturated rings. The van der Waals surface area contributed by atoms with Gasteiger partial charge in [-0.15, -0.1) is 0 Å². The predicted octanol–water partition coefficient (Wildman–Crippen LogP) is 3.62. The first-order valence-electron chi connectivity index (χ1n) is 5.80. The van der Waals surface area contributed by atoms with Gasteiger partial charge in [-0.2, -0.15) is 0 Å². The molecule has 1 N–H and O–H groups in total. The maximum Gasteiger partial charge on any atom is 0.194 e. The summed E-state index contributed by atoms with van der Waals surface area (Å²) in [5.41, 5.74) is 0.317. The van der Waals surface area contributed by atoms with Crippen LogP contribution >= 0.6 is 0 Å². The first-order chi connectivity index (χ1) is 8.04. The molecule has 0 bridgehead atoms. The highest BCUT2D eigenvalue weighted by Gasteiger charge is 2.22. The highest BCUT2D eigenvalue weighted by Crippen LogP contribution is 2.30. The second-order valence-corrected chi connectivity index (χ2v) is 4.16. The minimum Gasteiger partial charge on any atom is -0.396 e. The lowest BCUT2D eigenvalue weighted by molar-refractivity contribution is 0.217. The molecule has 0 aliphatic carbocycles. The summed E-state index contributed by atoms with van der Waals surface area (Å²) in [6, 6.07) is 1.94. The van der Waals surface area contributed by atoms with E-state index in [9.17, 15) is 18.3 Å². The van der Waals surface area contributed by atoms with Crippen molar-refractivity contribution in [3.8, 4) is 0 Å². The van der Waals surface area contributed by atoms with Crippen LogP contribution in [0.2, 0.25) is 0 Å². The maximum atomic E-state index is 13.1. The molecule has 4 heteroatoms. The summed E-state index contributed by atoms with van der Waals surface area (Å²) >= 11 is 0. The van der Waals surface area contributed by atoms with Crippen LogP contribution in [0.5, 0.6) is 0 Å². The summed E-state index contributed by atoms with van der Waals surface area (Å²) in [6.07, 6.45) is 1.59. The topological polar surface area (TPSA) is 20.2 Å². The van der Waals surface area contributed by atoms with Crippen molar-refractivity contribution in [2.24, 2.45) is 5.92 Å². The molecule has 0 saturated heterocycles. The van der Waals surface area contributed by atoms with Crippen LogP contribution in [0.3, 0.4) is 0 Å². The van der Waals surface area contributed by atoms with Crippen molar-refractivity contribution in [1.82, 2.24) is 0 Å². The van der Waals surface area contributed by atoms with E-state index < -0.39 is 17.5 Å². The van der Waals surface area contributed by atoms with Gasteiger partial charge in [-0.25, -0.2) is 13.2 Å². The monoisotopic (exact) mass is 246 g/mol. The molecule has 96 valence electrons. The van der Waals surface area contributed by atoms with E-state index in [0.717, 1.165) is 25.0 Å². The lowest BCUT2D eigenvalue weighted by Crippen LogP contribution is -2.16. The Balaban J connectivity index is 3.12. The minimum absolute atomic E-state index is 0.129. The van der Waals surface area contributed by atoms with Gasteiger partial charge < -0.3 is 5.11 Å². The Bertz CT molecular complexity index is 352. The van der Waals surface area contributed by atoms with E-state index >= 15 is 0 Å². The molecular weight excluding hydrogens is 229 g/mol. The lowest BCUT2D eigenvalue weighted by atomic mass is 9.83. The molecule has 0 heterocycles. The van der Waals surface area contributed by atoms with E-state index in [1.165, 1.54) is 0 Å². The average molecular weight is 246 g/mol. The number of aliphatic hydroxyl groups is 1. The number of aliphatic hydroxyl groups excluding tert-OH is 1. The molecular formula is C13H17F3O. The third-order valence-electron chi connectivity index (χ3n) is 3.25. The van der Waals surface area contributed by atoms with Crippen molar-refractivity contribution in [3.63, 3.8) is 0 Å². The van der Waals surface area contributed by atoms with Crippen molar-refractivity contribution >= 4 is 0 Å². The molecule has 0 amide bonds. The summed E-state index contributed by atoms with van der Waals surface area (Å²) in [7, 11) is 0. The fraction of sp³-hybridized carbons (Fsp3) is 0.538. The third kappa shape index (κ3) is 3.00. The number of hydrogen-bond acceptors (Lipinski definition) is 1. The fourth-order valence-electron chi connectivity index (χ4n) is 2.17. The predicted molar refractivity (Wildman–Crippen MR) is 60.2 cm³/mol. The van der Waals surface area contributed by atoms with Crippen LogP contribution in [-0.2, 0) is 0 Å². The van der Waals surface area contributed by atoms with Gasteiger partial charge >= 0.3 is 0 Å². The summed E-state index contributed by atoms with van der Waals surface area (Å²) in [5.74, 6) is -4.09. The van der Waals surface area contributed by atoms with Crippen LogP contribution in [0, 0.1) is 23.4 Å². The van der Waals surface area contributed by atoms with Crippen molar-refractivity contribution in [2.75, 3.05) is 6.61 Å². The van der Waals surface area contributed by atoms with Crippen LogP contribution < -0.4 is 0 Å². The number of rotatable bonds is 5. The largest absolute Gasteiger partial charge is 0.396 e. The van der Waals surface area contributed by atoms with Gasteiger partial charge in [0, 0.05) is 5.92 Å². The molecule has 0 saturated carbocycles. The van der Waals surface area contributed by atoms with E-state index in [4.69, 9.17) is 0 Å². The molecule has 1 nitrogen and oxygen atoms in total. The second kappa shape index (κ2) is 6.05. The molecule has 0 aliphatic rings. The van der Waals surface area contributed by atoms with Crippen LogP contribution in [0.1, 0.15) is 38.2 Å². The first-order valence-corrected chi connectivity index (χ1v) is 5.80. The number of halogens is 3. The molecule has 0 radical (unpaired) electrons. The van der Waals surface area contributed by atoms with Crippen molar-refractivity contribution in [1.29, 1.82) is 0 Å². The van der Waals surface area contributed by atoms with Crippen molar-refractivity contribution in [2.45, 2.75) is 32.6 Å². The molecule has 1 rings (SSSR count). The summed E-state index contributed by atoms with van der Waals surface area (Å²) < 4.78 is 39.1. The van der Waals surface area contributed by atoms with Gasteiger partial charge in [0.15, 0.2) is 17.5 Å². The molecule has 1 aromatic carbocycles. The van der Waals surface area contributed by atoms with Crippen LogP contribution in [0.25, 0.3) is 0 Å². The molecule has 17 heavy (non-hydrogen) atoms. The SMILES string of the molecule is CCC(CC)C(CO)c1cc(F)c(F)c(F)c1. The van der Waals surface area contributed by atoms with Gasteiger partial charge in [0.25, 0.3) is 0 Å². The minimum atomic E-state index is -1.46. The molecule has 0 aromatic heterocycles. The van der Waals surface area contributed by atoms with Crippen LogP contribution in [-0.4, -0.2) is 11.7 Å². The van der Waals surface area contributed by atoms with Gasteiger partial charge in [0.2, 0.25) is 0 Å². The summed E-state index contributed by atoms with van der Waals surface area (Å²) in [5, 5.41) is 9.32. The van der Waals surface area contributed by atoms with E-state index in [1.54, 1.807) is 0 Å². The Morgan fingerprint density at radius 3 is 1.88 bits per heavy atom. The average Bonchev–Trinajstić information content (AvgIpc) is 2.32. The quantitative estimate of drug-likeness (QED) is 0.787. The van der Waals surface area contributed by atoms with Crippen LogP contribution in [0.4, 0.5) is 13.2 Å². The molecule has 0 aliphatic heterocycles. The fourth-order valence-corrected chi connectivity index (χ4v) is 2.17. The number of benzene rings is 1. The standard InChI is InChI=1S/C13H17F3O/c1-3-8(4-2)10(7-17)9-5-11(14)13(16)12(15)6-9/h5-6,8,10,17H,3-4,7H2,1-2H3. The Morgan fingerprint density at radius 1 is 1.06 bits per heavy atom. The molecule has 1 aromatic rings. The van der Waals surface area contributed by atoms with Gasteiger partial charge in [-0.1, -0.05) is 26.7 Å². The molecule has 0 spiro atoms. The summed E-state index contributed by atoms with van der Waals surface area (Å²) in [4.78, 5) is 0. The van der Waals surface area contributed by atoms with Gasteiger partial charge in [0.1, 0.15) is 0 Å². The van der Waals surface area contributed by atoms with Crippen molar-refractivity contribution in [3.05, 3.63) is 35.1 Å². The zero-order valence-electron chi connectivity index (χ0n) is 10.0. The zero-order chi connectivity index (χ0) is 13.0. The van der Waals surface area contributed by atoms with Gasteiger partial charge in [-0.05, 0) is 23.6 Å². The Labute approximate surface area is 99.3 Å². The van der Waals surface area contributed by atoms with E-state index in [2.05, 4.69) is 0 Å². The normalized spacial score (nSPS) is 13.1. The maximum absolute atomic E-state index is 13.1. The highest BCUT2D eigenvalue weighted by atomic mass is 19.2. The summed E-state index contributed by atoms with van der Waals surface area (Å²) in [6.45, 7) is 3.71. The smallest absolute Gasteiger partial charge is 0.194 e. The lowest BCUT2D eigenvalue weighted by Gasteiger charge is -2.23. The third-order valence-corrected chi connectivity index (χ3v) is 3.25. The number of hydrogen-bond donors (Lipinski definition) is 1. The Morgan fingerprint density at radius 2 is 1.53 bits per heavy atom. The Kier molecular flexibility index (Phi) is 5.00. The zero-order valence-corrected chi connectivity index (χ0v) is 10.0. The Hall–Kier alpha value is -1.03. The second-order valence-electron chi connectivity index (χ2n) is 4.16. The van der Waals surface area contributed by atoms with E-state index in [1.807, 2.05) is 13.8 Å².